The second-order valence-corrected chi connectivity index (χ2v) is 10.0. The van der Waals surface area contributed by atoms with Gasteiger partial charge in [0.1, 0.15) is 6.54 Å². The minimum absolute atomic E-state index is 0.0146. The monoisotopic (exact) mass is 434 g/mol. The second kappa shape index (κ2) is 9.79. The highest BCUT2D eigenvalue weighted by atomic mass is 32.2. The van der Waals surface area contributed by atoms with Gasteiger partial charge in [0, 0.05) is 19.6 Å². The Balaban J connectivity index is 2.25. The van der Waals surface area contributed by atoms with E-state index in [0.29, 0.717) is 19.6 Å². The highest BCUT2D eigenvalue weighted by molar-refractivity contribution is 7.89. The van der Waals surface area contributed by atoms with Crippen LogP contribution >= 0.6 is 0 Å². The molecule has 1 saturated heterocycles. The fourth-order valence-corrected chi connectivity index (χ4v) is 5.64. The summed E-state index contributed by atoms with van der Waals surface area (Å²) in [7, 11) is -7.67. The van der Waals surface area contributed by atoms with Crippen LogP contribution in [0.1, 0.15) is 20.3 Å². The van der Waals surface area contributed by atoms with Gasteiger partial charge in [-0.15, -0.1) is 0 Å². The molecule has 0 aliphatic carbocycles. The normalized spacial score (nSPS) is 16.2. The van der Waals surface area contributed by atoms with Crippen LogP contribution in [0.15, 0.2) is 34.1 Å². The lowest BCUT2D eigenvalue weighted by Gasteiger charge is -2.26. The van der Waals surface area contributed by atoms with Crippen LogP contribution in [0.2, 0.25) is 0 Å². The van der Waals surface area contributed by atoms with Gasteiger partial charge in [-0.1, -0.05) is 6.92 Å². The molecule has 1 aliphatic rings. The Morgan fingerprint density at radius 2 is 1.64 bits per heavy atom. The molecule has 0 radical (unpaired) electrons. The lowest BCUT2D eigenvalue weighted by molar-refractivity contribution is -0.143. The summed E-state index contributed by atoms with van der Waals surface area (Å²) >= 11 is 0. The van der Waals surface area contributed by atoms with E-state index >= 15 is 0 Å². The Morgan fingerprint density at radius 3 is 2.18 bits per heavy atom. The largest absolute Gasteiger partial charge is 0.465 e. The third-order valence-corrected chi connectivity index (χ3v) is 7.93. The van der Waals surface area contributed by atoms with Crippen LogP contribution < -0.4 is 0 Å². The lowest BCUT2D eigenvalue weighted by atomic mass is 10.4. The summed E-state index contributed by atoms with van der Waals surface area (Å²) < 4.78 is 63.4. The number of ether oxygens (including phenoxy) is 2. The maximum atomic E-state index is 12.9. The van der Waals surface area contributed by atoms with Crippen molar-refractivity contribution in [3.05, 3.63) is 24.3 Å². The number of carbonyl (C=O) groups excluding carboxylic acids is 1. The molecular weight excluding hydrogens is 408 g/mol. The van der Waals surface area contributed by atoms with E-state index in [1.165, 1.54) is 28.6 Å². The van der Waals surface area contributed by atoms with E-state index in [9.17, 15) is 21.6 Å². The van der Waals surface area contributed by atoms with Gasteiger partial charge in [-0.3, -0.25) is 4.79 Å². The molecule has 11 heteroatoms. The summed E-state index contributed by atoms with van der Waals surface area (Å²) in [4.78, 5) is 11.7. The summed E-state index contributed by atoms with van der Waals surface area (Å²) in [5, 5.41) is 0. The molecule has 1 heterocycles. The smallest absolute Gasteiger partial charge is 0.321 e. The van der Waals surface area contributed by atoms with Crippen molar-refractivity contribution in [3.8, 4) is 0 Å². The Morgan fingerprint density at radius 1 is 1.07 bits per heavy atom. The van der Waals surface area contributed by atoms with Gasteiger partial charge in [-0.05, 0) is 37.6 Å². The molecule has 1 aromatic carbocycles. The fraction of sp³-hybridized carbons (Fsp3) is 0.588. The van der Waals surface area contributed by atoms with E-state index < -0.39 is 32.6 Å². The van der Waals surface area contributed by atoms with Crippen molar-refractivity contribution in [2.75, 3.05) is 46.0 Å². The van der Waals surface area contributed by atoms with Crippen LogP contribution in [0.25, 0.3) is 0 Å². The van der Waals surface area contributed by atoms with Gasteiger partial charge in [0.25, 0.3) is 0 Å². The quantitative estimate of drug-likeness (QED) is 0.525. The number of hydrogen-bond donors (Lipinski definition) is 0. The molecule has 1 fully saturated rings. The first-order valence-electron chi connectivity index (χ1n) is 9.07. The topological polar surface area (TPSA) is 110 Å². The molecule has 0 saturated carbocycles. The molecule has 158 valence electrons. The van der Waals surface area contributed by atoms with Crippen LogP contribution in [-0.2, 0) is 34.3 Å². The highest BCUT2D eigenvalue weighted by Gasteiger charge is 2.29. The van der Waals surface area contributed by atoms with Crippen molar-refractivity contribution < 1.29 is 31.1 Å². The Labute approximate surface area is 166 Å². The molecule has 0 spiro atoms. The van der Waals surface area contributed by atoms with Crippen LogP contribution in [0.3, 0.4) is 0 Å². The average Bonchev–Trinajstić information content (AvgIpc) is 2.68. The van der Waals surface area contributed by atoms with Crippen molar-refractivity contribution in [1.82, 2.24) is 8.61 Å². The number of nitrogens with zero attached hydrogens (tertiary/aromatic N) is 2. The molecule has 0 amide bonds. The predicted octanol–water partition coefficient (Wildman–Crippen LogP) is 0.671. The van der Waals surface area contributed by atoms with E-state index in [2.05, 4.69) is 0 Å². The van der Waals surface area contributed by atoms with Crippen molar-refractivity contribution in [2.45, 2.75) is 30.1 Å². The molecule has 9 nitrogen and oxygen atoms in total. The van der Waals surface area contributed by atoms with Gasteiger partial charge >= 0.3 is 5.97 Å². The average molecular weight is 435 g/mol. The number of sulfonamides is 2. The van der Waals surface area contributed by atoms with E-state index in [0.717, 1.165) is 4.31 Å². The maximum Gasteiger partial charge on any atom is 0.321 e. The fourth-order valence-electron chi connectivity index (χ4n) is 2.75. The summed E-state index contributed by atoms with van der Waals surface area (Å²) in [6.07, 6.45) is 0.516. The van der Waals surface area contributed by atoms with Crippen LogP contribution in [0.5, 0.6) is 0 Å². The highest BCUT2D eigenvalue weighted by Crippen LogP contribution is 2.22. The third-order valence-electron chi connectivity index (χ3n) is 4.15. The standard InChI is InChI=1S/C17H26N2O7S2/c1-3-9-19(14-17(20)26-4-2)28(23,24)16-7-5-15(6-8-16)27(21,22)18-10-12-25-13-11-18/h5-8H,3-4,9-14H2,1-2H3. The van der Waals surface area contributed by atoms with Gasteiger partial charge in [0.15, 0.2) is 0 Å². The number of carbonyl (C=O) groups is 1. The lowest BCUT2D eigenvalue weighted by Crippen LogP contribution is -2.40. The number of benzene rings is 1. The molecular formula is C17H26N2O7S2. The maximum absolute atomic E-state index is 12.9. The van der Waals surface area contributed by atoms with Gasteiger partial charge in [-0.2, -0.15) is 8.61 Å². The van der Waals surface area contributed by atoms with Crippen molar-refractivity contribution in [1.29, 1.82) is 0 Å². The minimum Gasteiger partial charge on any atom is -0.465 e. The van der Waals surface area contributed by atoms with Gasteiger partial charge in [-0.25, -0.2) is 16.8 Å². The van der Waals surface area contributed by atoms with Gasteiger partial charge in [0.2, 0.25) is 20.0 Å². The molecule has 0 aromatic heterocycles. The zero-order chi connectivity index (χ0) is 20.8. The molecule has 1 aliphatic heterocycles. The van der Waals surface area contributed by atoms with Crippen LogP contribution in [-0.4, -0.2) is 77.4 Å². The zero-order valence-electron chi connectivity index (χ0n) is 16.0. The van der Waals surface area contributed by atoms with E-state index in [1.54, 1.807) is 13.8 Å². The minimum atomic E-state index is -3.96. The summed E-state index contributed by atoms with van der Waals surface area (Å²) in [5.74, 6) is -0.633. The SMILES string of the molecule is CCCN(CC(=O)OCC)S(=O)(=O)c1ccc(S(=O)(=O)N2CCOCC2)cc1. The first-order valence-corrected chi connectivity index (χ1v) is 11.9. The van der Waals surface area contributed by atoms with Crippen molar-refractivity contribution in [2.24, 2.45) is 0 Å². The Bertz CT molecular complexity index is 861. The van der Waals surface area contributed by atoms with Crippen LogP contribution in [0, 0.1) is 0 Å². The molecule has 0 bridgehead atoms. The molecule has 0 N–H and O–H groups in total. The predicted molar refractivity (Wildman–Crippen MR) is 102 cm³/mol. The zero-order valence-corrected chi connectivity index (χ0v) is 17.7. The summed E-state index contributed by atoms with van der Waals surface area (Å²) in [5.41, 5.74) is 0. The summed E-state index contributed by atoms with van der Waals surface area (Å²) in [6.45, 7) is 4.52. The van der Waals surface area contributed by atoms with Gasteiger partial charge < -0.3 is 9.47 Å². The molecule has 28 heavy (non-hydrogen) atoms. The third kappa shape index (κ3) is 5.29. The Kier molecular flexibility index (Phi) is 7.96. The van der Waals surface area contributed by atoms with E-state index in [-0.39, 0.29) is 36.0 Å². The number of hydrogen-bond acceptors (Lipinski definition) is 7. The van der Waals surface area contributed by atoms with E-state index in [1.807, 2.05) is 0 Å². The Hall–Kier alpha value is -1.53. The second-order valence-electron chi connectivity index (χ2n) is 6.13. The molecule has 2 rings (SSSR count). The molecule has 0 atom stereocenters. The molecule has 0 unspecified atom stereocenters. The number of rotatable bonds is 9. The summed E-state index contributed by atoms with van der Waals surface area (Å²) in [6, 6.07) is 5.03. The molecule has 1 aromatic rings. The van der Waals surface area contributed by atoms with Crippen molar-refractivity contribution in [3.63, 3.8) is 0 Å². The number of morpholine rings is 1. The van der Waals surface area contributed by atoms with Crippen LogP contribution in [0.4, 0.5) is 0 Å². The first kappa shape index (κ1) is 22.8. The van der Waals surface area contributed by atoms with E-state index in [4.69, 9.17) is 9.47 Å². The van der Waals surface area contributed by atoms with Crippen molar-refractivity contribution >= 4 is 26.0 Å². The van der Waals surface area contributed by atoms with Gasteiger partial charge in [0.05, 0.1) is 29.6 Å². The first-order chi connectivity index (χ1) is 13.2. The number of esters is 1.